The van der Waals surface area contributed by atoms with Crippen molar-refractivity contribution in [3.8, 4) is 11.5 Å². The van der Waals surface area contributed by atoms with E-state index < -0.39 is 0 Å². The summed E-state index contributed by atoms with van der Waals surface area (Å²) in [6.07, 6.45) is 4.37. The van der Waals surface area contributed by atoms with Crippen LogP contribution in [0, 0.1) is 0 Å². The fourth-order valence-corrected chi connectivity index (χ4v) is 2.16. The van der Waals surface area contributed by atoms with Gasteiger partial charge in [0.25, 0.3) is 0 Å². The predicted molar refractivity (Wildman–Crippen MR) is 78.6 cm³/mol. The highest BCUT2D eigenvalue weighted by molar-refractivity contribution is 5.90. The summed E-state index contributed by atoms with van der Waals surface area (Å²) in [5, 5.41) is 2.82. The van der Waals surface area contributed by atoms with E-state index >= 15 is 0 Å². The first kappa shape index (κ1) is 13.4. The lowest BCUT2D eigenvalue weighted by atomic mass is 10.1. The average molecular weight is 284 g/mol. The first-order valence-electron chi connectivity index (χ1n) is 6.90. The van der Waals surface area contributed by atoms with E-state index in [0.717, 1.165) is 17.1 Å². The minimum absolute atomic E-state index is 0.0297. The van der Waals surface area contributed by atoms with Crippen LogP contribution < -0.4 is 14.8 Å². The molecule has 5 nitrogen and oxygen atoms in total. The van der Waals surface area contributed by atoms with E-state index in [2.05, 4.69) is 10.3 Å². The van der Waals surface area contributed by atoms with Crippen LogP contribution in [-0.4, -0.2) is 24.1 Å². The molecule has 0 spiro atoms. The number of anilines is 1. The van der Waals surface area contributed by atoms with Gasteiger partial charge in [-0.15, -0.1) is 0 Å². The zero-order chi connectivity index (χ0) is 14.5. The minimum atomic E-state index is -0.0297. The van der Waals surface area contributed by atoms with Crippen molar-refractivity contribution in [1.29, 1.82) is 0 Å². The van der Waals surface area contributed by atoms with E-state index in [1.807, 2.05) is 24.3 Å². The smallest absolute Gasteiger partial charge is 0.224 e. The molecule has 5 heteroatoms. The number of carbonyl (C=O) groups excluding carboxylic acids is 1. The van der Waals surface area contributed by atoms with Crippen LogP contribution in [0.3, 0.4) is 0 Å². The number of aryl methyl sites for hydroxylation is 1. The van der Waals surface area contributed by atoms with Crippen LogP contribution in [0.2, 0.25) is 0 Å². The summed E-state index contributed by atoms with van der Waals surface area (Å²) in [6.45, 7) is 1.15. The van der Waals surface area contributed by atoms with Gasteiger partial charge in [-0.1, -0.05) is 6.07 Å². The quantitative estimate of drug-likeness (QED) is 0.936. The van der Waals surface area contributed by atoms with Crippen LogP contribution in [0.15, 0.2) is 42.7 Å². The maximum absolute atomic E-state index is 11.9. The molecule has 0 aliphatic carbocycles. The molecule has 0 saturated heterocycles. The molecule has 21 heavy (non-hydrogen) atoms. The summed E-state index contributed by atoms with van der Waals surface area (Å²) in [5.41, 5.74) is 1.77. The normalized spacial score (nSPS) is 12.8. The number of amides is 1. The molecule has 0 radical (unpaired) electrons. The lowest BCUT2D eigenvalue weighted by molar-refractivity contribution is -0.116. The van der Waals surface area contributed by atoms with E-state index in [9.17, 15) is 4.79 Å². The second-order valence-electron chi connectivity index (χ2n) is 4.77. The molecule has 0 unspecified atom stereocenters. The Morgan fingerprint density at radius 3 is 2.86 bits per heavy atom. The molecule has 1 aliphatic heterocycles. The summed E-state index contributed by atoms with van der Waals surface area (Å²) in [6, 6.07) is 9.39. The highest BCUT2D eigenvalue weighted by Crippen LogP contribution is 2.31. The summed E-state index contributed by atoms with van der Waals surface area (Å²) < 4.78 is 11.0. The largest absolute Gasteiger partial charge is 0.486 e. The maximum atomic E-state index is 11.9. The third kappa shape index (κ3) is 3.51. The van der Waals surface area contributed by atoms with E-state index in [-0.39, 0.29) is 5.91 Å². The Bertz CT molecular complexity index is 629. The Hall–Kier alpha value is -2.56. The second kappa shape index (κ2) is 6.26. The van der Waals surface area contributed by atoms with Crippen molar-refractivity contribution in [2.75, 3.05) is 18.5 Å². The van der Waals surface area contributed by atoms with Gasteiger partial charge in [-0.3, -0.25) is 9.78 Å². The van der Waals surface area contributed by atoms with Gasteiger partial charge in [0.05, 0.1) is 11.9 Å². The fraction of sp³-hybridized carbons (Fsp3) is 0.250. The molecule has 1 amide bonds. The number of ether oxygens (including phenoxy) is 2. The van der Waals surface area contributed by atoms with Crippen molar-refractivity contribution in [1.82, 2.24) is 4.98 Å². The lowest BCUT2D eigenvalue weighted by Gasteiger charge is -2.18. The Balaban J connectivity index is 1.56. The second-order valence-corrected chi connectivity index (χ2v) is 4.77. The van der Waals surface area contributed by atoms with Gasteiger partial charge in [0.1, 0.15) is 13.2 Å². The molecule has 0 bridgehead atoms. The molecule has 2 aromatic rings. The van der Waals surface area contributed by atoms with Gasteiger partial charge in [0, 0.05) is 12.6 Å². The Morgan fingerprint density at radius 1 is 1.19 bits per heavy atom. The number of rotatable bonds is 4. The summed E-state index contributed by atoms with van der Waals surface area (Å²) in [5.74, 6) is 1.49. The molecule has 1 aromatic heterocycles. The van der Waals surface area contributed by atoms with E-state index in [4.69, 9.17) is 9.47 Å². The highest BCUT2D eigenvalue weighted by atomic mass is 16.6. The van der Waals surface area contributed by atoms with Crippen LogP contribution in [-0.2, 0) is 11.2 Å². The van der Waals surface area contributed by atoms with E-state index in [1.54, 1.807) is 18.5 Å². The SMILES string of the molecule is O=C(CCc1ccc2c(c1)OCCO2)Nc1cccnc1. The van der Waals surface area contributed by atoms with Gasteiger partial charge < -0.3 is 14.8 Å². The monoisotopic (exact) mass is 284 g/mol. The summed E-state index contributed by atoms with van der Waals surface area (Å²) in [4.78, 5) is 15.8. The van der Waals surface area contributed by atoms with Gasteiger partial charge in [-0.2, -0.15) is 0 Å². The van der Waals surface area contributed by atoms with Gasteiger partial charge in [-0.25, -0.2) is 0 Å². The molecule has 1 aliphatic rings. The molecule has 1 aromatic carbocycles. The van der Waals surface area contributed by atoms with Crippen molar-refractivity contribution in [2.45, 2.75) is 12.8 Å². The number of fused-ring (bicyclic) bond motifs is 1. The molecule has 108 valence electrons. The Labute approximate surface area is 122 Å². The number of hydrogen-bond donors (Lipinski definition) is 1. The molecule has 1 N–H and O–H groups in total. The standard InChI is InChI=1S/C16H16N2O3/c19-16(18-13-2-1-7-17-11-13)6-4-12-3-5-14-15(10-12)21-9-8-20-14/h1-3,5,7,10-11H,4,6,8-9H2,(H,18,19). The molecule has 0 saturated carbocycles. The van der Waals surface area contributed by atoms with Gasteiger partial charge >= 0.3 is 0 Å². The highest BCUT2D eigenvalue weighted by Gasteiger charge is 2.12. The van der Waals surface area contributed by atoms with Crippen molar-refractivity contribution in [3.63, 3.8) is 0 Å². The zero-order valence-corrected chi connectivity index (χ0v) is 11.5. The topological polar surface area (TPSA) is 60.5 Å². The minimum Gasteiger partial charge on any atom is -0.486 e. The summed E-state index contributed by atoms with van der Waals surface area (Å²) in [7, 11) is 0. The molecular formula is C16H16N2O3. The van der Waals surface area contributed by atoms with Gasteiger partial charge in [-0.05, 0) is 36.2 Å². The zero-order valence-electron chi connectivity index (χ0n) is 11.5. The van der Waals surface area contributed by atoms with Crippen LogP contribution >= 0.6 is 0 Å². The van der Waals surface area contributed by atoms with Crippen LogP contribution in [0.4, 0.5) is 5.69 Å². The first-order valence-corrected chi connectivity index (χ1v) is 6.90. The number of nitrogens with one attached hydrogen (secondary N) is 1. The molecule has 0 fully saturated rings. The maximum Gasteiger partial charge on any atom is 0.224 e. The third-order valence-electron chi connectivity index (χ3n) is 3.19. The summed E-state index contributed by atoms with van der Waals surface area (Å²) >= 11 is 0. The van der Waals surface area contributed by atoms with Crippen LogP contribution in [0.1, 0.15) is 12.0 Å². The van der Waals surface area contributed by atoms with Gasteiger partial charge in [0.15, 0.2) is 11.5 Å². The lowest BCUT2D eigenvalue weighted by Crippen LogP contribution is -2.15. The predicted octanol–water partition coefficient (Wildman–Crippen LogP) is 2.42. The molecule has 3 rings (SSSR count). The number of nitrogens with zero attached hydrogens (tertiary/aromatic N) is 1. The number of hydrogen-bond acceptors (Lipinski definition) is 4. The number of pyridine rings is 1. The van der Waals surface area contributed by atoms with Crippen molar-refractivity contribution in [3.05, 3.63) is 48.3 Å². The van der Waals surface area contributed by atoms with E-state index in [1.165, 1.54) is 0 Å². The average Bonchev–Trinajstić information content (AvgIpc) is 2.54. The Morgan fingerprint density at radius 2 is 2.05 bits per heavy atom. The van der Waals surface area contributed by atoms with Crippen LogP contribution in [0.25, 0.3) is 0 Å². The molecule has 0 atom stereocenters. The molecule has 2 heterocycles. The Kier molecular flexibility index (Phi) is 4.00. The van der Waals surface area contributed by atoms with E-state index in [0.29, 0.717) is 31.7 Å². The number of aromatic nitrogens is 1. The van der Waals surface area contributed by atoms with Crippen LogP contribution in [0.5, 0.6) is 11.5 Å². The number of benzene rings is 1. The van der Waals surface area contributed by atoms with Crippen molar-refractivity contribution < 1.29 is 14.3 Å². The van der Waals surface area contributed by atoms with Gasteiger partial charge in [0.2, 0.25) is 5.91 Å². The number of carbonyl (C=O) groups is 1. The fourth-order valence-electron chi connectivity index (χ4n) is 2.16. The third-order valence-corrected chi connectivity index (χ3v) is 3.19. The van der Waals surface area contributed by atoms with Crippen molar-refractivity contribution >= 4 is 11.6 Å². The van der Waals surface area contributed by atoms with Crippen molar-refractivity contribution in [2.24, 2.45) is 0 Å². The first-order chi connectivity index (χ1) is 10.3. The molecular weight excluding hydrogens is 268 g/mol.